The van der Waals surface area contributed by atoms with E-state index in [-0.39, 0.29) is 23.9 Å². The number of benzene rings is 3. The summed E-state index contributed by atoms with van der Waals surface area (Å²) in [6, 6.07) is 15.2. The molecule has 0 radical (unpaired) electrons. The highest BCUT2D eigenvalue weighted by Gasteiger charge is 2.26. The number of carbonyl (C=O) groups is 2. The zero-order valence-electron chi connectivity index (χ0n) is 37.3. The highest BCUT2D eigenvalue weighted by atomic mass is 35.5. The van der Waals surface area contributed by atoms with Crippen LogP contribution in [0.2, 0.25) is 5.02 Å². The fourth-order valence-electron chi connectivity index (χ4n) is 6.68. The molecule has 1 aliphatic heterocycles. The quantitative estimate of drug-likeness (QED) is 0.0320. The van der Waals surface area contributed by atoms with Crippen molar-refractivity contribution in [1.29, 1.82) is 0 Å². The van der Waals surface area contributed by atoms with Crippen molar-refractivity contribution in [3.8, 4) is 22.8 Å². The number of hydrogen-bond donors (Lipinski definition) is 3. The topological polar surface area (TPSA) is 127 Å². The summed E-state index contributed by atoms with van der Waals surface area (Å²) in [4.78, 5) is 39.6. The van der Waals surface area contributed by atoms with Crippen molar-refractivity contribution in [2.24, 2.45) is 4.99 Å². The molecule has 0 saturated heterocycles. The molecule has 0 fully saturated rings. The van der Waals surface area contributed by atoms with Crippen LogP contribution in [0.3, 0.4) is 0 Å². The first-order valence-corrected chi connectivity index (χ1v) is 24.7. The van der Waals surface area contributed by atoms with Crippen molar-refractivity contribution in [2.75, 3.05) is 44.1 Å². The molecule has 3 N–H and O–H groups in total. The predicted octanol–water partition coefficient (Wildman–Crippen LogP) is 12.2. The van der Waals surface area contributed by atoms with Crippen LogP contribution in [-0.4, -0.2) is 66.3 Å². The Morgan fingerprint density at radius 1 is 0.800 bits per heavy atom. The third-order valence-corrected chi connectivity index (χ3v) is 12.5. The van der Waals surface area contributed by atoms with E-state index in [0.29, 0.717) is 81.5 Å². The van der Waals surface area contributed by atoms with Crippen molar-refractivity contribution in [3.63, 3.8) is 0 Å². The van der Waals surface area contributed by atoms with Gasteiger partial charge >= 0.3 is 0 Å². The minimum Gasteiger partial charge on any atom is -0.496 e. The second-order valence-electron chi connectivity index (χ2n) is 14.6. The van der Waals surface area contributed by atoms with Crippen LogP contribution in [0, 0.1) is 5.82 Å². The third-order valence-electron chi connectivity index (χ3n) is 9.89. The highest BCUT2D eigenvalue weighted by Crippen LogP contribution is 2.36. The number of nitrogens with zero attached hydrogens (tertiary/aromatic N) is 3. The summed E-state index contributed by atoms with van der Waals surface area (Å²) in [6.07, 6.45) is 30.7. The van der Waals surface area contributed by atoms with E-state index in [1.165, 1.54) is 20.3 Å². The average Bonchev–Trinajstić information content (AvgIpc) is 3.46. The molecule has 0 bridgehead atoms. The highest BCUT2D eigenvalue weighted by molar-refractivity contribution is 8.76. The van der Waals surface area contributed by atoms with E-state index in [0.717, 1.165) is 56.3 Å². The van der Waals surface area contributed by atoms with E-state index in [4.69, 9.17) is 31.1 Å². The molecule has 0 aliphatic carbocycles. The summed E-state index contributed by atoms with van der Waals surface area (Å²) in [5.74, 6) is 1.87. The van der Waals surface area contributed by atoms with Crippen LogP contribution >= 0.6 is 33.2 Å². The summed E-state index contributed by atoms with van der Waals surface area (Å²) >= 11 is 6.45. The SMILES string of the molecule is CCC=CCC=CCC=CCC=CCC=CCCCC(=O)NCCSSCCNC(=O)c1ccc(Nc2ncc3c(n2)-c2ccc(Cl)cc2C(c2c(F)cccc2OC)=NC3)cc1OC. The Kier molecular flexibility index (Phi) is 21.9. The number of carbonyl (C=O) groups excluding carboxylic acids is 2. The molecular formula is C51H58ClFN6O4S2. The second-order valence-corrected chi connectivity index (χ2v) is 17.8. The number of rotatable bonds is 26. The van der Waals surface area contributed by atoms with Crippen LogP contribution < -0.4 is 25.4 Å². The van der Waals surface area contributed by atoms with Crippen molar-refractivity contribution in [1.82, 2.24) is 20.6 Å². The number of allylic oxidation sites excluding steroid dienone is 10. The Morgan fingerprint density at radius 3 is 2.17 bits per heavy atom. The summed E-state index contributed by atoms with van der Waals surface area (Å²) in [5.41, 5.74) is 4.34. The number of hydrogen-bond acceptors (Lipinski definition) is 10. The van der Waals surface area contributed by atoms with Crippen LogP contribution in [0.4, 0.5) is 16.0 Å². The number of unbranched alkanes of at least 4 members (excludes halogenated alkanes) is 1. The molecule has 2 amide bonds. The van der Waals surface area contributed by atoms with E-state index in [2.05, 4.69) is 88.6 Å². The number of amides is 2. The Balaban J connectivity index is 0.984. The normalized spacial score (nSPS) is 12.5. The fraction of sp³-hybridized carbons (Fsp3) is 0.314. The third kappa shape index (κ3) is 16.4. The van der Waals surface area contributed by atoms with Gasteiger partial charge in [0.2, 0.25) is 11.9 Å². The van der Waals surface area contributed by atoms with Gasteiger partial charge in [0.15, 0.2) is 0 Å². The molecule has 0 unspecified atom stereocenters. The summed E-state index contributed by atoms with van der Waals surface area (Å²) in [5, 5.41) is 9.65. The van der Waals surface area contributed by atoms with Gasteiger partial charge in [0.05, 0.1) is 43.3 Å². The van der Waals surface area contributed by atoms with Crippen LogP contribution in [0.25, 0.3) is 11.3 Å². The maximum atomic E-state index is 15.3. The number of ether oxygens (including phenoxy) is 2. The van der Waals surface area contributed by atoms with Crippen molar-refractivity contribution in [2.45, 2.75) is 64.8 Å². The molecule has 1 aromatic heterocycles. The lowest BCUT2D eigenvalue weighted by molar-refractivity contribution is -0.121. The van der Waals surface area contributed by atoms with Gasteiger partial charge in [0.1, 0.15) is 17.3 Å². The van der Waals surface area contributed by atoms with E-state index < -0.39 is 5.82 Å². The standard InChI is InChI=1S/C51H58ClFN6O4S2/c1-4-5-6-7-8-9-10-11-12-13-14-15-16-17-18-19-20-24-46(60)54-29-31-64-65-32-30-55-50(61)41-28-26-39(34-45(41)63-3)58-51-57-36-37-35-56-49(47-43(53)22-21-23-44(47)62-2)42-33-38(52)25-27-40(42)48(37)59-51/h5-6,8-9,11-12,14-15,17-18,21-23,25-28,33-34,36H,4,7,10,13,16,19-20,24,29-32,35H2,1-3H3,(H,54,60)(H,55,61)(H,57,58,59). The minimum atomic E-state index is -0.466. The van der Waals surface area contributed by atoms with Gasteiger partial charge in [0, 0.05) is 70.7 Å². The van der Waals surface area contributed by atoms with Gasteiger partial charge in [-0.05, 0) is 81.3 Å². The van der Waals surface area contributed by atoms with Gasteiger partial charge in [-0.2, -0.15) is 0 Å². The minimum absolute atomic E-state index is 0.0701. The maximum Gasteiger partial charge on any atom is 0.255 e. The smallest absolute Gasteiger partial charge is 0.255 e. The molecular weight excluding hydrogens is 879 g/mol. The van der Waals surface area contributed by atoms with Gasteiger partial charge in [0.25, 0.3) is 5.91 Å². The second kappa shape index (κ2) is 28.3. The molecule has 0 saturated carbocycles. The number of aliphatic imine (C=N–C) groups is 1. The maximum absolute atomic E-state index is 15.3. The van der Waals surface area contributed by atoms with E-state index in [1.54, 1.807) is 70.2 Å². The van der Waals surface area contributed by atoms with Gasteiger partial charge < -0.3 is 25.4 Å². The van der Waals surface area contributed by atoms with Crippen molar-refractivity contribution < 1.29 is 23.5 Å². The molecule has 14 heteroatoms. The summed E-state index contributed by atoms with van der Waals surface area (Å²) < 4.78 is 26.4. The van der Waals surface area contributed by atoms with Gasteiger partial charge in [-0.1, -0.05) is 113 Å². The van der Waals surface area contributed by atoms with Crippen molar-refractivity contribution >= 4 is 62.4 Å². The number of methoxy groups -OCH3 is 2. The molecule has 5 rings (SSSR count). The molecule has 342 valence electrons. The molecule has 0 spiro atoms. The molecule has 3 aromatic carbocycles. The van der Waals surface area contributed by atoms with Crippen LogP contribution in [0.1, 0.15) is 85.3 Å². The average molecular weight is 938 g/mol. The fourth-order valence-corrected chi connectivity index (χ4v) is 8.66. The van der Waals surface area contributed by atoms with Crippen LogP contribution in [0.15, 0.2) is 127 Å². The van der Waals surface area contributed by atoms with Gasteiger partial charge in [-0.25, -0.2) is 14.4 Å². The first kappa shape index (κ1) is 50.4. The summed E-state index contributed by atoms with van der Waals surface area (Å²) in [6.45, 7) is 3.41. The van der Waals surface area contributed by atoms with Gasteiger partial charge in [-0.15, -0.1) is 0 Å². The molecule has 10 nitrogen and oxygen atoms in total. The lowest BCUT2D eigenvalue weighted by Gasteiger charge is -2.15. The molecule has 4 aromatic rings. The monoisotopic (exact) mass is 936 g/mol. The zero-order valence-corrected chi connectivity index (χ0v) is 39.7. The Bertz CT molecular complexity index is 2380. The number of aromatic nitrogens is 2. The largest absolute Gasteiger partial charge is 0.496 e. The molecule has 0 atom stereocenters. The Morgan fingerprint density at radius 2 is 1.48 bits per heavy atom. The number of halogens is 2. The Hall–Kier alpha value is -5.63. The lowest BCUT2D eigenvalue weighted by atomic mass is 9.94. The first-order valence-electron chi connectivity index (χ1n) is 21.9. The molecule has 1 aliphatic rings. The molecule has 2 heterocycles. The summed E-state index contributed by atoms with van der Waals surface area (Å²) in [7, 11) is 6.30. The van der Waals surface area contributed by atoms with Crippen molar-refractivity contribution in [3.05, 3.63) is 155 Å². The predicted molar refractivity (Wildman–Crippen MR) is 270 cm³/mol. The zero-order chi connectivity index (χ0) is 46.1. The number of nitrogens with one attached hydrogen (secondary N) is 3. The number of anilines is 2. The van der Waals surface area contributed by atoms with E-state index >= 15 is 4.39 Å². The number of fused-ring (bicyclic) bond motifs is 3. The van der Waals surface area contributed by atoms with Crippen LogP contribution in [-0.2, 0) is 11.3 Å². The van der Waals surface area contributed by atoms with Gasteiger partial charge in [-0.3, -0.25) is 14.6 Å². The Labute approximate surface area is 395 Å². The lowest BCUT2D eigenvalue weighted by Crippen LogP contribution is -2.26. The first-order chi connectivity index (χ1) is 31.8. The van der Waals surface area contributed by atoms with E-state index in [1.807, 2.05) is 6.07 Å². The molecule has 65 heavy (non-hydrogen) atoms. The van der Waals surface area contributed by atoms with E-state index in [9.17, 15) is 9.59 Å². The van der Waals surface area contributed by atoms with Crippen LogP contribution in [0.5, 0.6) is 11.5 Å².